The quantitative estimate of drug-likeness (QED) is 0.237. The Labute approximate surface area is 193 Å². The van der Waals surface area contributed by atoms with E-state index in [1.165, 1.54) is 17.1 Å². The number of nitrogens with zero attached hydrogens (tertiary/aromatic N) is 1. The van der Waals surface area contributed by atoms with E-state index in [9.17, 15) is 19.2 Å². The minimum atomic E-state index is -0.424. The van der Waals surface area contributed by atoms with E-state index in [0.29, 0.717) is 43.9 Å². The summed E-state index contributed by atoms with van der Waals surface area (Å²) in [6.07, 6.45) is 5.02. The second kappa shape index (κ2) is 13.0. The van der Waals surface area contributed by atoms with Crippen LogP contribution in [0.2, 0.25) is 0 Å². The van der Waals surface area contributed by atoms with Crippen LogP contribution in [0, 0.1) is 0 Å². The number of benzene rings is 1. The van der Waals surface area contributed by atoms with E-state index in [2.05, 4.69) is 16.0 Å². The topological polar surface area (TPSA) is 108 Å². The summed E-state index contributed by atoms with van der Waals surface area (Å²) in [7, 11) is 0. The van der Waals surface area contributed by atoms with E-state index >= 15 is 0 Å². The molecule has 1 aromatic rings. The normalized spacial score (nSPS) is 15.0. The van der Waals surface area contributed by atoms with Crippen LogP contribution in [0.4, 0.5) is 5.69 Å². The van der Waals surface area contributed by atoms with Gasteiger partial charge in [-0.1, -0.05) is 18.6 Å². The molecule has 0 aliphatic carbocycles. The number of unbranched alkanes of at least 4 members (excludes halogenated alkanes) is 2. The number of rotatable bonds is 13. The number of carbonyl (C=O) groups excluding carboxylic acids is 4. The highest BCUT2D eigenvalue weighted by Gasteiger charge is 2.22. The smallest absolute Gasteiger partial charge is 0.253 e. The molecule has 2 rings (SSSR count). The van der Waals surface area contributed by atoms with Crippen molar-refractivity contribution in [2.24, 2.45) is 0 Å². The maximum Gasteiger partial charge on any atom is 0.253 e. The van der Waals surface area contributed by atoms with Crippen molar-refractivity contribution < 1.29 is 19.2 Å². The van der Waals surface area contributed by atoms with Crippen molar-refractivity contribution in [1.29, 1.82) is 0 Å². The third-order valence-corrected chi connectivity index (χ3v) is 5.40. The van der Waals surface area contributed by atoms with Crippen molar-refractivity contribution in [2.45, 2.75) is 57.5 Å². The Hall–Kier alpha value is -2.71. The first-order valence-electron chi connectivity index (χ1n) is 10.8. The summed E-state index contributed by atoms with van der Waals surface area (Å²) in [5.74, 6) is -0.353. The lowest BCUT2D eigenvalue weighted by Crippen LogP contribution is -2.46. The van der Waals surface area contributed by atoms with Gasteiger partial charge in [-0.05, 0) is 44.4 Å². The average molecular weight is 463 g/mol. The lowest BCUT2D eigenvalue weighted by Gasteiger charge is -2.19. The summed E-state index contributed by atoms with van der Waals surface area (Å²) >= 11 is 5.76. The molecule has 2 atom stereocenters. The Morgan fingerprint density at radius 3 is 2.28 bits per heavy atom. The summed E-state index contributed by atoms with van der Waals surface area (Å²) in [4.78, 5) is 48.5. The molecule has 3 N–H and O–H groups in total. The van der Waals surface area contributed by atoms with Crippen molar-refractivity contribution in [3.63, 3.8) is 0 Å². The molecular formula is C23H31ClN4O4. The lowest BCUT2D eigenvalue weighted by atomic mass is 10.1. The average Bonchev–Trinajstić information content (AvgIpc) is 3.09. The molecular weight excluding hydrogens is 432 g/mol. The van der Waals surface area contributed by atoms with E-state index in [1.54, 1.807) is 6.92 Å². The molecule has 0 unspecified atom stereocenters. The van der Waals surface area contributed by atoms with Gasteiger partial charge in [-0.15, -0.1) is 11.6 Å². The predicted octanol–water partition coefficient (Wildman–Crippen LogP) is 2.33. The number of anilines is 1. The molecule has 8 nitrogen and oxygen atoms in total. The zero-order chi connectivity index (χ0) is 23.5. The molecule has 0 spiro atoms. The minimum Gasteiger partial charge on any atom is -0.352 e. The van der Waals surface area contributed by atoms with E-state index in [4.69, 9.17) is 11.6 Å². The van der Waals surface area contributed by atoms with Gasteiger partial charge in [0.25, 0.3) is 11.8 Å². The zero-order valence-corrected chi connectivity index (χ0v) is 19.3. The number of alkyl halides is 1. The molecule has 1 aliphatic rings. The van der Waals surface area contributed by atoms with E-state index in [1.807, 2.05) is 31.2 Å². The summed E-state index contributed by atoms with van der Waals surface area (Å²) in [6, 6.07) is 6.78. The number of halogens is 1. The Balaban J connectivity index is 1.57. The monoisotopic (exact) mass is 462 g/mol. The van der Waals surface area contributed by atoms with Crippen LogP contribution in [0.3, 0.4) is 0 Å². The van der Waals surface area contributed by atoms with Crippen LogP contribution in [0.1, 0.15) is 45.1 Å². The Morgan fingerprint density at radius 2 is 1.66 bits per heavy atom. The standard InChI is InChI=1S/C23H31ClN4O4/c1-16(15-25-17(2)23(32)27-19-9-7-18(14-24)8-10-19)26-20(29)6-4-3-5-13-28-21(30)11-12-22(28)31/h7-12,16-17,25H,3-6,13-15H2,1-2H3,(H,26,29)(H,27,32)/t16-,17-/m0/s1. The molecule has 0 aromatic heterocycles. The fourth-order valence-electron chi connectivity index (χ4n) is 3.16. The molecule has 174 valence electrons. The number of nitrogens with one attached hydrogen (secondary N) is 3. The van der Waals surface area contributed by atoms with Gasteiger partial charge in [0.1, 0.15) is 0 Å². The predicted molar refractivity (Wildman–Crippen MR) is 124 cm³/mol. The van der Waals surface area contributed by atoms with Crippen LogP contribution in [0.5, 0.6) is 0 Å². The van der Waals surface area contributed by atoms with Crippen molar-refractivity contribution >= 4 is 40.9 Å². The van der Waals surface area contributed by atoms with Crippen LogP contribution in [0.15, 0.2) is 36.4 Å². The van der Waals surface area contributed by atoms with Crippen molar-refractivity contribution in [1.82, 2.24) is 15.5 Å². The van der Waals surface area contributed by atoms with Crippen molar-refractivity contribution in [2.75, 3.05) is 18.4 Å². The lowest BCUT2D eigenvalue weighted by molar-refractivity contribution is -0.137. The van der Waals surface area contributed by atoms with Gasteiger partial charge in [0.15, 0.2) is 0 Å². The third-order valence-electron chi connectivity index (χ3n) is 5.09. The van der Waals surface area contributed by atoms with Gasteiger partial charge in [-0.25, -0.2) is 0 Å². The highest BCUT2D eigenvalue weighted by molar-refractivity contribution is 6.17. The first-order valence-corrected chi connectivity index (χ1v) is 11.4. The van der Waals surface area contributed by atoms with Crippen LogP contribution >= 0.6 is 11.6 Å². The van der Waals surface area contributed by atoms with Crippen molar-refractivity contribution in [3.8, 4) is 0 Å². The fraction of sp³-hybridized carbons (Fsp3) is 0.478. The van der Waals surface area contributed by atoms with Crippen LogP contribution in [-0.4, -0.2) is 53.7 Å². The SMILES string of the molecule is C[C@H](NC[C@H](C)NC(=O)CCCCCN1C(=O)C=CC1=O)C(=O)Nc1ccc(CCl)cc1. The molecule has 0 bridgehead atoms. The van der Waals surface area contributed by atoms with E-state index in [0.717, 1.165) is 12.0 Å². The third kappa shape index (κ3) is 8.43. The van der Waals surface area contributed by atoms with Gasteiger partial charge in [-0.3, -0.25) is 24.1 Å². The molecule has 0 saturated heterocycles. The maximum atomic E-state index is 12.3. The molecule has 1 aliphatic heterocycles. The molecule has 0 fully saturated rings. The second-order valence-corrected chi connectivity index (χ2v) is 8.16. The minimum absolute atomic E-state index is 0.0641. The van der Waals surface area contributed by atoms with E-state index in [-0.39, 0.29) is 29.7 Å². The first-order chi connectivity index (χ1) is 15.3. The van der Waals surface area contributed by atoms with Gasteiger partial charge in [-0.2, -0.15) is 0 Å². The van der Waals surface area contributed by atoms with E-state index < -0.39 is 6.04 Å². The first kappa shape index (κ1) is 25.5. The van der Waals surface area contributed by atoms with Gasteiger partial charge in [0, 0.05) is 49.3 Å². The van der Waals surface area contributed by atoms with Gasteiger partial charge in [0.2, 0.25) is 11.8 Å². The van der Waals surface area contributed by atoms with Crippen LogP contribution in [-0.2, 0) is 25.1 Å². The largest absolute Gasteiger partial charge is 0.352 e. The van der Waals surface area contributed by atoms with Gasteiger partial charge < -0.3 is 16.0 Å². The molecule has 9 heteroatoms. The molecule has 1 heterocycles. The van der Waals surface area contributed by atoms with Crippen molar-refractivity contribution in [3.05, 3.63) is 42.0 Å². The summed E-state index contributed by atoms with van der Waals surface area (Å²) < 4.78 is 0. The summed E-state index contributed by atoms with van der Waals surface area (Å²) in [5, 5.41) is 8.87. The fourth-order valence-corrected chi connectivity index (χ4v) is 3.33. The van der Waals surface area contributed by atoms with Crippen LogP contribution < -0.4 is 16.0 Å². The Bertz CT molecular complexity index is 823. The molecule has 32 heavy (non-hydrogen) atoms. The summed E-state index contributed by atoms with van der Waals surface area (Å²) in [6.45, 7) is 4.47. The number of imide groups is 1. The molecule has 1 aromatic carbocycles. The second-order valence-electron chi connectivity index (χ2n) is 7.89. The Morgan fingerprint density at radius 1 is 1.00 bits per heavy atom. The van der Waals surface area contributed by atoms with Gasteiger partial charge in [0.05, 0.1) is 6.04 Å². The number of carbonyl (C=O) groups is 4. The number of hydrogen-bond acceptors (Lipinski definition) is 5. The molecule has 0 saturated carbocycles. The number of amides is 4. The highest BCUT2D eigenvalue weighted by Crippen LogP contribution is 2.11. The Kier molecular flexibility index (Phi) is 10.4. The zero-order valence-electron chi connectivity index (χ0n) is 18.5. The van der Waals surface area contributed by atoms with Gasteiger partial charge >= 0.3 is 0 Å². The maximum absolute atomic E-state index is 12.3. The molecule has 4 amide bonds. The summed E-state index contributed by atoms with van der Waals surface area (Å²) in [5.41, 5.74) is 1.68. The highest BCUT2D eigenvalue weighted by atomic mass is 35.5. The van der Waals surface area contributed by atoms with Crippen LogP contribution in [0.25, 0.3) is 0 Å². The number of hydrogen-bond donors (Lipinski definition) is 3. The molecule has 0 radical (unpaired) electrons.